The van der Waals surface area contributed by atoms with E-state index in [0.29, 0.717) is 17.0 Å². The fourth-order valence-electron chi connectivity index (χ4n) is 2.75. The molecule has 1 amide bonds. The van der Waals surface area contributed by atoms with E-state index < -0.39 is 0 Å². The Hall–Kier alpha value is -1.00. The molecule has 19 heavy (non-hydrogen) atoms. The van der Waals surface area contributed by atoms with E-state index in [1.807, 2.05) is 15.7 Å². The summed E-state index contributed by atoms with van der Waals surface area (Å²) < 4.78 is 2.03. The predicted molar refractivity (Wildman–Crippen MR) is 73.4 cm³/mol. The molecule has 1 N–H and O–H groups in total. The maximum Gasteiger partial charge on any atom is 0.270 e. The zero-order valence-corrected chi connectivity index (χ0v) is 11.6. The van der Waals surface area contributed by atoms with Crippen LogP contribution in [0.4, 0.5) is 0 Å². The van der Waals surface area contributed by atoms with E-state index in [1.54, 1.807) is 6.07 Å². The molecule has 1 aromatic rings. The first-order chi connectivity index (χ1) is 9.19. The number of nitrogens with zero attached hydrogens (tertiary/aromatic N) is 2. The van der Waals surface area contributed by atoms with Gasteiger partial charge in [-0.2, -0.15) is 0 Å². The fraction of sp³-hybridized carbons (Fsp3) is 0.643. The average molecular weight is 283 g/mol. The van der Waals surface area contributed by atoms with Crippen LogP contribution in [0.15, 0.2) is 12.3 Å². The summed E-state index contributed by atoms with van der Waals surface area (Å²) in [5, 5.41) is 9.78. The number of halogens is 1. The van der Waals surface area contributed by atoms with Crippen molar-refractivity contribution in [2.24, 2.45) is 5.92 Å². The van der Waals surface area contributed by atoms with Crippen molar-refractivity contribution in [3.05, 3.63) is 23.0 Å². The van der Waals surface area contributed by atoms with Crippen LogP contribution < -0.4 is 0 Å². The minimum absolute atomic E-state index is 0.0789. The van der Waals surface area contributed by atoms with Gasteiger partial charge in [-0.05, 0) is 37.7 Å². The van der Waals surface area contributed by atoms with Gasteiger partial charge in [-0.3, -0.25) is 4.79 Å². The first-order valence-corrected chi connectivity index (χ1v) is 7.34. The highest BCUT2D eigenvalue weighted by Crippen LogP contribution is 2.37. The number of hydrogen-bond acceptors (Lipinski definition) is 2. The number of aliphatic hydroxyl groups is 1. The summed E-state index contributed by atoms with van der Waals surface area (Å²) in [4.78, 5) is 14.4. The van der Waals surface area contributed by atoms with Gasteiger partial charge in [0.25, 0.3) is 5.91 Å². The Kier molecular flexibility index (Phi) is 3.54. The number of amides is 1. The van der Waals surface area contributed by atoms with Crippen molar-refractivity contribution in [2.45, 2.75) is 31.7 Å². The number of carbonyl (C=O) groups is 1. The van der Waals surface area contributed by atoms with E-state index >= 15 is 0 Å². The molecule has 4 nitrogen and oxygen atoms in total. The van der Waals surface area contributed by atoms with Gasteiger partial charge in [0.15, 0.2) is 0 Å². The van der Waals surface area contributed by atoms with Crippen molar-refractivity contribution in [2.75, 3.05) is 19.7 Å². The molecule has 3 rings (SSSR count). The molecule has 5 heteroatoms. The lowest BCUT2D eigenvalue weighted by atomic mass is 9.98. The van der Waals surface area contributed by atoms with E-state index in [-0.39, 0.29) is 12.5 Å². The average Bonchev–Trinajstić information content (AvgIpc) is 3.21. The van der Waals surface area contributed by atoms with Crippen molar-refractivity contribution in [3.8, 4) is 0 Å². The molecule has 0 spiro atoms. The molecular formula is C14H19ClN2O2. The summed E-state index contributed by atoms with van der Waals surface area (Å²) in [7, 11) is 0. The Morgan fingerprint density at radius 2 is 2.00 bits per heavy atom. The highest BCUT2D eigenvalue weighted by Gasteiger charge is 2.30. The van der Waals surface area contributed by atoms with Crippen molar-refractivity contribution >= 4 is 17.5 Å². The Morgan fingerprint density at radius 3 is 2.58 bits per heavy atom. The van der Waals surface area contributed by atoms with E-state index in [2.05, 4.69) is 0 Å². The van der Waals surface area contributed by atoms with Gasteiger partial charge in [0.1, 0.15) is 5.69 Å². The van der Waals surface area contributed by atoms with E-state index in [4.69, 9.17) is 16.7 Å². The molecule has 0 unspecified atom stereocenters. The number of carbonyl (C=O) groups excluding carboxylic acids is 1. The molecule has 1 aromatic heterocycles. The van der Waals surface area contributed by atoms with Crippen LogP contribution in [-0.4, -0.2) is 40.2 Å². The van der Waals surface area contributed by atoms with Crippen molar-refractivity contribution in [1.82, 2.24) is 9.47 Å². The summed E-state index contributed by atoms with van der Waals surface area (Å²) in [5.74, 6) is 0.429. The van der Waals surface area contributed by atoms with Crippen LogP contribution in [0, 0.1) is 5.92 Å². The van der Waals surface area contributed by atoms with Crippen LogP contribution in [-0.2, 0) is 0 Å². The summed E-state index contributed by atoms with van der Waals surface area (Å²) in [5.41, 5.74) is 0.718. The van der Waals surface area contributed by atoms with Crippen molar-refractivity contribution < 1.29 is 9.90 Å². The fourth-order valence-corrected chi connectivity index (χ4v) is 2.96. The summed E-state index contributed by atoms with van der Waals surface area (Å²) >= 11 is 6.04. The van der Waals surface area contributed by atoms with Crippen LogP contribution in [0.5, 0.6) is 0 Å². The van der Waals surface area contributed by atoms with Crippen molar-refractivity contribution in [1.29, 1.82) is 0 Å². The number of rotatable bonds is 3. The monoisotopic (exact) mass is 282 g/mol. The molecule has 1 aliphatic heterocycles. The molecule has 2 fully saturated rings. The zero-order chi connectivity index (χ0) is 13.4. The highest BCUT2D eigenvalue weighted by atomic mass is 35.5. The molecule has 0 bridgehead atoms. The summed E-state index contributed by atoms with van der Waals surface area (Å²) in [6.45, 7) is 1.70. The van der Waals surface area contributed by atoms with Crippen molar-refractivity contribution in [3.63, 3.8) is 0 Å². The molecular weight excluding hydrogens is 264 g/mol. The maximum absolute atomic E-state index is 12.5. The second kappa shape index (κ2) is 5.17. The molecule has 0 atom stereocenters. The van der Waals surface area contributed by atoms with Gasteiger partial charge in [0, 0.05) is 31.9 Å². The minimum atomic E-state index is 0.0789. The first-order valence-electron chi connectivity index (χ1n) is 6.96. The molecule has 2 heterocycles. The molecule has 1 aliphatic carbocycles. The standard InChI is InChI=1S/C14H19ClN2O2/c15-11-7-13(17(8-11)12-1-2-12)14(19)16-5-3-10(9-18)4-6-16/h7-8,10,12,18H,1-6,9H2. The molecule has 0 aromatic carbocycles. The quantitative estimate of drug-likeness (QED) is 0.925. The lowest BCUT2D eigenvalue weighted by molar-refractivity contribution is 0.0640. The van der Waals surface area contributed by atoms with Crippen LogP contribution in [0.2, 0.25) is 5.02 Å². The van der Waals surface area contributed by atoms with Gasteiger partial charge < -0.3 is 14.6 Å². The molecule has 104 valence electrons. The van der Waals surface area contributed by atoms with Crippen LogP contribution >= 0.6 is 11.6 Å². The summed E-state index contributed by atoms with van der Waals surface area (Å²) in [6, 6.07) is 2.24. The molecule has 1 saturated heterocycles. The van der Waals surface area contributed by atoms with Crippen LogP contribution in [0.1, 0.15) is 42.2 Å². The summed E-state index contributed by atoms with van der Waals surface area (Å²) in [6.07, 6.45) is 5.92. The SMILES string of the molecule is O=C(c1cc(Cl)cn1C1CC1)N1CCC(CO)CC1. The van der Waals surface area contributed by atoms with Gasteiger partial charge in [-0.1, -0.05) is 11.6 Å². The van der Waals surface area contributed by atoms with Gasteiger partial charge in [0.2, 0.25) is 0 Å². The predicted octanol–water partition coefficient (Wildman–Crippen LogP) is 2.32. The van der Waals surface area contributed by atoms with Crippen LogP contribution in [0.3, 0.4) is 0 Å². The third-order valence-electron chi connectivity index (χ3n) is 4.13. The Balaban J connectivity index is 1.73. The lowest BCUT2D eigenvalue weighted by Gasteiger charge is -2.31. The van der Waals surface area contributed by atoms with Gasteiger partial charge in [0.05, 0.1) is 5.02 Å². The maximum atomic E-state index is 12.5. The lowest BCUT2D eigenvalue weighted by Crippen LogP contribution is -2.39. The Bertz CT molecular complexity index is 474. The Labute approximate surface area is 118 Å². The Morgan fingerprint density at radius 1 is 1.32 bits per heavy atom. The normalized spacial score (nSPS) is 20.8. The molecule has 0 radical (unpaired) electrons. The smallest absolute Gasteiger partial charge is 0.270 e. The number of aliphatic hydroxyl groups excluding tert-OH is 1. The number of piperidine rings is 1. The third-order valence-corrected chi connectivity index (χ3v) is 4.34. The second-order valence-electron chi connectivity index (χ2n) is 5.60. The second-order valence-corrected chi connectivity index (χ2v) is 6.04. The topological polar surface area (TPSA) is 45.5 Å². The van der Waals surface area contributed by atoms with Crippen LogP contribution in [0.25, 0.3) is 0 Å². The van der Waals surface area contributed by atoms with E-state index in [1.165, 1.54) is 0 Å². The largest absolute Gasteiger partial charge is 0.396 e. The van der Waals surface area contributed by atoms with Gasteiger partial charge in [-0.15, -0.1) is 0 Å². The van der Waals surface area contributed by atoms with Gasteiger partial charge in [-0.25, -0.2) is 0 Å². The number of aromatic nitrogens is 1. The third kappa shape index (κ3) is 2.65. The molecule has 1 saturated carbocycles. The number of likely N-dealkylation sites (tertiary alicyclic amines) is 1. The van der Waals surface area contributed by atoms with E-state index in [0.717, 1.165) is 44.5 Å². The minimum Gasteiger partial charge on any atom is -0.396 e. The molecule has 2 aliphatic rings. The van der Waals surface area contributed by atoms with E-state index in [9.17, 15) is 4.79 Å². The first kappa shape index (κ1) is 13.0. The zero-order valence-electron chi connectivity index (χ0n) is 10.9. The highest BCUT2D eigenvalue weighted by molar-refractivity contribution is 6.31. The van der Waals surface area contributed by atoms with Gasteiger partial charge >= 0.3 is 0 Å². The number of hydrogen-bond donors (Lipinski definition) is 1.